The van der Waals surface area contributed by atoms with Gasteiger partial charge in [-0.25, -0.2) is 13.1 Å². The van der Waals surface area contributed by atoms with Crippen molar-refractivity contribution in [1.29, 1.82) is 0 Å². The van der Waals surface area contributed by atoms with Crippen molar-refractivity contribution in [2.24, 2.45) is 0 Å². The maximum Gasteiger partial charge on any atom is 0.240 e. The second-order valence-corrected chi connectivity index (χ2v) is 7.92. The first kappa shape index (κ1) is 16.2. The van der Waals surface area contributed by atoms with Crippen LogP contribution in [0.25, 0.3) is 0 Å². The van der Waals surface area contributed by atoms with Gasteiger partial charge < -0.3 is 0 Å². The van der Waals surface area contributed by atoms with E-state index in [1.807, 2.05) is 38.1 Å². The molecular weight excluding hydrogens is 350 g/mol. The van der Waals surface area contributed by atoms with E-state index in [4.69, 9.17) is 0 Å². The van der Waals surface area contributed by atoms with Crippen molar-refractivity contribution in [1.82, 2.24) is 4.72 Å². The Labute approximate surface area is 134 Å². The Morgan fingerprint density at radius 1 is 0.952 bits per heavy atom. The average molecular weight is 368 g/mol. The van der Waals surface area contributed by atoms with E-state index in [0.717, 1.165) is 11.1 Å². The molecule has 2 aromatic carbocycles. The van der Waals surface area contributed by atoms with Gasteiger partial charge in [0.1, 0.15) is 0 Å². The highest BCUT2D eigenvalue weighted by atomic mass is 79.9. The standard InChI is InChI=1S/C16H18BrNO2S/c1-12-3-7-14(8-4-12)16(17)11-18-21(19,20)15-9-5-13(2)6-10-15/h3-10,16,18H,11H2,1-2H3/t16-/m1/s1. The van der Waals surface area contributed by atoms with E-state index in [1.165, 1.54) is 5.56 Å². The first-order chi connectivity index (χ1) is 9.88. The van der Waals surface area contributed by atoms with Crippen LogP contribution in [0.4, 0.5) is 0 Å². The summed E-state index contributed by atoms with van der Waals surface area (Å²) in [6.07, 6.45) is 0. The Kier molecular flexibility index (Phi) is 5.19. The minimum atomic E-state index is -3.47. The third-order valence-electron chi connectivity index (χ3n) is 3.22. The van der Waals surface area contributed by atoms with Crippen LogP contribution in [-0.2, 0) is 10.0 Å². The number of sulfonamides is 1. The number of benzene rings is 2. The van der Waals surface area contributed by atoms with Crippen molar-refractivity contribution >= 4 is 26.0 Å². The lowest BCUT2D eigenvalue weighted by Crippen LogP contribution is -2.27. The van der Waals surface area contributed by atoms with Crippen molar-refractivity contribution < 1.29 is 8.42 Å². The molecule has 21 heavy (non-hydrogen) atoms. The second-order valence-electron chi connectivity index (χ2n) is 5.04. The van der Waals surface area contributed by atoms with E-state index in [0.29, 0.717) is 6.54 Å². The van der Waals surface area contributed by atoms with Crippen LogP contribution in [0.2, 0.25) is 0 Å². The minimum absolute atomic E-state index is 0.0571. The third kappa shape index (κ3) is 4.40. The molecule has 3 nitrogen and oxygen atoms in total. The molecule has 1 atom stereocenters. The van der Waals surface area contributed by atoms with Crippen LogP contribution in [0.3, 0.4) is 0 Å². The Morgan fingerprint density at radius 3 is 1.95 bits per heavy atom. The maximum atomic E-state index is 12.2. The fourth-order valence-electron chi connectivity index (χ4n) is 1.88. The molecule has 0 amide bonds. The molecule has 0 fully saturated rings. The zero-order valence-corrected chi connectivity index (χ0v) is 14.4. The number of hydrogen-bond donors (Lipinski definition) is 1. The summed E-state index contributed by atoms with van der Waals surface area (Å²) in [5.74, 6) is 0. The molecule has 2 aromatic rings. The summed E-state index contributed by atoms with van der Waals surface area (Å²) in [5, 5.41) is 0. The van der Waals surface area contributed by atoms with Crippen molar-refractivity contribution in [3.63, 3.8) is 0 Å². The Hall–Kier alpha value is -1.17. The van der Waals surface area contributed by atoms with Gasteiger partial charge in [0.2, 0.25) is 10.0 Å². The SMILES string of the molecule is Cc1ccc([C@H](Br)CNS(=O)(=O)c2ccc(C)cc2)cc1. The average Bonchev–Trinajstić information content (AvgIpc) is 2.46. The first-order valence-electron chi connectivity index (χ1n) is 6.65. The van der Waals surface area contributed by atoms with Crippen molar-refractivity contribution in [3.8, 4) is 0 Å². The summed E-state index contributed by atoms with van der Waals surface area (Å²) in [7, 11) is -3.47. The largest absolute Gasteiger partial charge is 0.240 e. The molecule has 0 aliphatic carbocycles. The van der Waals surface area contributed by atoms with Crippen LogP contribution in [0, 0.1) is 13.8 Å². The Morgan fingerprint density at radius 2 is 1.43 bits per heavy atom. The normalized spacial score (nSPS) is 13.1. The summed E-state index contributed by atoms with van der Waals surface area (Å²) in [5.41, 5.74) is 3.26. The number of aryl methyl sites for hydroxylation is 2. The molecule has 0 spiro atoms. The van der Waals surface area contributed by atoms with Gasteiger partial charge in [0.25, 0.3) is 0 Å². The van der Waals surface area contributed by atoms with Crippen molar-refractivity contribution in [2.75, 3.05) is 6.54 Å². The van der Waals surface area contributed by atoms with Gasteiger partial charge in [-0.05, 0) is 31.5 Å². The summed E-state index contributed by atoms with van der Waals surface area (Å²) in [6, 6.07) is 14.8. The van der Waals surface area contributed by atoms with Gasteiger partial charge >= 0.3 is 0 Å². The highest BCUT2D eigenvalue weighted by molar-refractivity contribution is 9.09. The van der Waals surface area contributed by atoms with E-state index in [2.05, 4.69) is 20.7 Å². The molecule has 0 aromatic heterocycles. The quantitative estimate of drug-likeness (QED) is 0.818. The molecule has 2 rings (SSSR count). The smallest absolute Gasteiger partial charge is 0.210 e. The highest BCUT2D eigenvalue weighted by Gasteiger charge is 2.16. The monoisotopic (exact) mass is 367 g/mol. The lowest BCUT2D eigenvalue weighted by atomic mass is 10.1. The lowest BCUT2D eigenvalue weighted by molar-refractivity contribution is 0.581. The number of nitrogens with one attached hydrogen (secondary N) is 1. The number of hydrogen-bond acceptors (Lipinski definition) is 2. The highest BCUT2D eigenvalue weighted by Crippen LogP contribution is 2.22. The topological polar surface area (TPSA) is 46.2 Å². The van der Waals surface area contributed by atoms with Crippen LogP contribution >= 0.6 is 15.9 Å². The van der Waals surface area contributed by atoms with Gasteiger partial charge in [-0.2, -0.15) is 0 Å². The molecule has 0 unspecified atom stereocenters. The molecule has 1 N–H and O–H groups in total. The van der Waals surface area contributed by atoms with E-state index in [1.54, 1.807) is 24.3 Å². The van der Waals surface area contributed by atoms with E-state index in [9.17, 15) is 8.42 Å². The Balaban J connectivity index is 2.04. The molecule has 0 saturated heterocycles. The summed E-state index contributed by atoms with van der Waals surface area (Å²) >= 11 is 3.52. The molecule has 0 saturated carbocycles. The predicted molar refractivity (Wildman–Crippen MR) is 89.2 cm³/mol. The fourth-order valence-corrected chi connectivity index (χ4v) is 3.61. The summed E-state index contributed by atoms with van der Waals surface area (Å²) in [4.78, 5) is 0.232. The van der Waals surface area contributed by atoms with Gasteiger partial charge in [0.05, 0.1) is 9.72 Å². The second kappa shape index (κ2) is 6.73. The summed E-state index contributed by atoms with van der Waals surface area (Å²) < 4.78 is 27.0. The maximum absolute atomic E-state index is 12.2. The molecule has 0 bridgehead atoms. The summed E-state index contributed by atoms with van der Waals surface area (Å²) in [6.45, 7) is 4.25. The third-order valence-corrected chi connectivity index (χ3v) is 5.51. The van der Waals surface area contributed by atoms with Crippen LogP contribution in [0.5, 0.6) is 0 Å². The molecule has 5 heteroatoms. The Bertz CT molecular complexity index is 694. The predicted octanol–water partition coefficient (Wildman–Crippen LogP) is 3.72. The zero-order valence-electron chi connectivity index (χ0n) is 12.0. The minimum Gasteiger partial charge on any atom is -0.210 e. The molecule has 0 heterocycles. The lowest BCUT2D eigenvalue weighted by Gasteiger charge is -2.12. The van der Waals surface area contributed by atoms with Crippen molar-refractivity contribution in [2.45, 2.75) is 23.6 Å². The van der Waals surface area contributed by atoms with Gasteiger partial charge in [-0.15, -0.1) is 0 Å². The molecule has 0 aliphatic rings. The van der Waals surface area contributed by atoms with Gasteiger partial charge in [-0.3, -0.25) is 0 Å². The van der Waals surface area contributed by atoms with Crippen LogP contribution in [-0.4, -0.2) is 15.0 Å². The van der Waals surface area contributed by atoms with Gasteiger partial charge in [-0.1, -0.05) is 63.5 Å². The number of alkyl halides is 1. The molecular formula is C16H18BrNO2S. The van der Waals surface area contributed by atoms with Crippen LogP contribution in [0.1, 0.15) is 21.5 Å². The first-order valence-corrected chi connectivity index (χ1v) is 9.05. The van der Waals surface area contributed by atoms with Crippen LogP contribution < -0.4 is 4.72 Å². The van der Waals surface area contributed by atoms with E-state index in [-0.39, 0.29) is 9.72 Å². The van der Waals surface area contributed by atoms with Crippen LogP contribution in [0.15, 0.2) is 53.4 Å². The fraction of sp³-hybridized carbons (Fsp3) is 0.250. The van der Waals surface area contributed by atoms with Gasteiger partial charge in [0.15, 0.2) is 0 Å². The number of rotatable bonds is 5. The van der Waals surface area contributed by atoms with Crippen molar-refractivity contribution in [3.05, 3.63) is 65.2 Å². The number of halogens is 1. The zero-order chi connectivity index (χ0) is 15.5. The molecule has 112 valence electrons. The van der Waals surface area contributed by atoms with Gasteiger partial charge in [0, 0.05) is 6.54 Å². The molecule has 0 radical (unpaired) electrons. The van der Waals surface area contributed by atoms with E-state index < -0.39 is 10.0 Å². The van der Waals surface area contributed by atoms with E-state index >= 15 is 0 Å². The molecule has 0 aliphatic heterocycles.